The summed E-state index contributed by atoms with van der Waals surface area (Å²) in [4.78, 5) is 26.1. The van der Waals surface area contributed by atoms with E-state index in [-0.39, 0.29) is 11.8 Å². The summed E-state index contributed by atoms with van der Waals surface area (Å²) in [5.41, 5.74) is 5.99. The number of urea groups is 1. The molecular weight excluding hydrogens is 392 g/mol. The number of hydrogen-bond donors (Lipinski definition) is 4. The SMILES string of the molecule is COc1cccc(NC(=O)N[C@@H]2[C@H](O)[C@@H](N3CCC(C(N)=O)CC3)[C@@H]3OC[C@@H]2O3)c1. The molecule has 0 aromatic heterocycles. The number of benzene rings is 1. The number of likely N-dealkylation sites (tertiary alicyclic amines) is 1. The zero-order valence-corrected chi connectivity index (χ0v) is 16.8. The molecule has 3 fully saturated rings. The van der Waals surface area contributed by atoms with Crippen LogP contribution in [0, 0.1) is 5.92 Å². The molecule has 0 unspecified atom stereocenters. The van der Waals surface area contributed by atoms with Crippen molar-refractivity contribution in [1.82, 2.24) is 10.2 Å². The predicted octanol–water partition coefficient (Wildman–Crippen LogP) is -0.133. The number of rotatable bonds is 5. The summed E-state index contributed by atoms with van der Waals surface area (Å²) in [6.07, 6.45) is -0.612. The van der Waals surface area contributed by atoms with Crippen molar-refractivity contribution < 1.29 is 28.9 Å². The number of nitrogens with zero attached hydrogens (tertiary/aromatic N) is 1. The number of nitrogens with two attached hydrogens (primary N) is 1. The summed E-state index contributed by atoms with van der Waals surface area (Å²) < 4.78 is 16.8. The van der Waals surface area contributed by atoms with Crippen molar-refractivity contribution in [1.29, 1.82) is 0 Å². The number of nitrogens with one attached hydrogen (secondary N) is 2. The van der Waals surface area contributed by atoms with Crippen LogP contribution < -0.4 is 21.1 Å². The van der Waals surface area contributed by atoms with Crippen LogP contribution in [0.25, 0.3) is 0 Å². The molecule has 164 valence electrons. The van der Waals surface area contributed by atoms with Crippen LogP contribution in [-0.4, -0.2) is 79.3 Å². The van der Waals surface area contributed by atoms with Crippen LogP contribution in [0.5, 0.6) is 5.75 Å². The van der Waals surface area contributed by atoms with Crippen LogP contribution in [-0.2, 0) is 14.3 Å². The molecule has 1 aromatic rings. The number of aliphatic hydroxyl groups is 1. The Morgan fingerprint density at radius 3 is 2.77 bits per heavy atom. The van der Waals surface area contributed by atoms with Gasteiger partial charge in [0.1, 0.15) is 11.9 Å². The van der Waals surface area contributed by atoms with E-state index < -0.39 is 36.6 Å². The molecule has 0 aliphatic carbocycles. The van der Waals surface area contributed by atoms with Gasteiger partial charge in [0.2, 0.25) is 5.91 Å². The summed E-state index contributed by atoms with van der Waals surface area (Å²) in [7, 11) is 1.55. The van der Waals surface area contributed by atoms with E-state index in [1.165, 1.54) is 0 Å². The number of amides is 3. The van der Waals surface area contributed by atoms with Gasteiger partial charge in [-0.25, -0.2) is 4.79 Å². The second kappa shape index (κ2) is 8.76. The number of carbonyl (C=O) groups excluding carboxylic acids is 2. The first kappa shape index (κ1) is 20.9. The summed E-state index contributed by atoms with van der Waals surface area (Å²) in [5.74, 6) is 0.184. The topological polar surface area (TPSA) is 135 Å². The number of primary amides is 1. The first-order valence-corrected chi connectivity index (χ1v) is 10.2. The smallest absolute Gasteiger partial charge is 0.319 e. The van der Waals surface area contributed by atoms with Crippen molar-refractivity contribution in [2.24, 2.45) is 11.7 Å². The summed E-state index contributed by atoms with van der Waals surface area (Å²) >= 11 is 0. The average molecular weight is 420 g/mol. The van der Waals surface area contributed by atoms with Crippen molar-refractivity contribution in [3.8, 4) is 5.75 Å². The Labute approximate surface area is 174 Å². The number of ether oxygens (including phenoxy) is 3. The average Bonchev–Trinajstić information content (AvgIpc) is 3.17. The number of fused-ring (bicyclic) bond motifs is 2. The third-order valence-electron chi connectivity index (χ3n) is 6.11. The molecule has 0 spiro atoms. The summed E-state index contributed by atoms with van der Waals surface area (Å²) in [6, 6.07) is 5.49. The first-order valence-electron chi connectivity index (χ1n) is 10.2. The number of carbonyl (C=O) groups is 2. The molecule has 10 heteroatoms. The molecular formula is C20H28N4O6. The van der Waals surface area contributed by atoms with Crippen LogP contribution in [0.15, 0.2) is 24.3 Å². The van der Waals surface area contributed by atoms with Crippen LogP contribution in [0.1, 0.15) is 12.8 Å². The van der Waals surface area contributed by atoms with Crippen LogP contribution >= 0.6 is 0 Å². The highest BCUT2D eigenvalue weighted by Crippen LogP contribution is 2.33. The Morgan fingerprint density at radius 2 is 2.07 bits per heavy atom. The Hall–Kier alpha value is -2.40. The molecule has 1 aromatic carbocycles. The molecule has 3 aliphatic rings. The Morgan fingerprint density at radius 1 is 1.30 bits per heavy atom. The minimum absolute atomic E-state index is 0.150. The van der Waals surface area contributed by atoms with E-state index >= 15 is 0 Å². The fourth-order valence-corrected chi connectivity index (χ4v) is 4.47. The molecule has 2 bridgehead atoms. The highest BCUT2D eigenvalue weighted by molar-refractivity contribution is 5.89. The van der Waals surface area contributed by atoms with Crippen LogP contribution in [0.4, 0.5) is 10.5 Å². The fraction of sp³-hybridized carbons (Fsp3) is 0.600. The van der Waals surface area contributed by atoms with E-state index in [2.05, 4.69) is 15.5 Å². The van der Waals surface area contributed by atoms with Gasteiger partial charge in [-0.2, -0.15) is 0 Å². The van der Waals surface area contributed by atoms with E-state index in [1.807, 2.05) is 0 Å². The van der Waals surface area contributed by atoms with Gasteiger partial charge in [-0.1, -0.05) is 6.07 Å². The van der Waals surface area contributed by atoms with Gasteiger partial charge in [-0.15, -0.1) is 0 Å². The van der Waals surface area contributed by atoms with Crippen molar-refractivity contribution in [2.45, 2.75) is 43.4 Å². The van der Waals surface area contributed by atoms with Crippen LogP contribution in [0.3, 0.4) is 0 Å². The number of aliphatic hydroxyl groups excluding tert-OH is 1. The molecule has 10 nitrogen and oxygen atoms in total. The maximum atomic E-state index is 12.6. The minimum Gasteiger partial charge on any atom is -0.497 e. The lowest BCUT2D eigenvalue weighted by molar-refractivity contribution is -0.184. The maximum absolute atomic E-state index is 12.6. The Kier molecular flexibility index (Phi) is 6.09. The number of anilines is 1. The third-order valence-corrected chi connectivity index (χ3v) is 6.11. The van der Waals surface area contributed by atoms with Gasteiger partial charge in [-0.3, -0.25) is 9.69 Å². The van der Waals surface area contributed by atoms with Crippen molar-refractivity contribution in [2.75, 3.05) is 32.1 Å². The second-order valence-corrected chi connectivity index (χ2v) is 7.93. The predicted molar refractivity (Wildman–Crippen MR) is 107 cm³/mol. The molecule has 3 aliphatic heterocycles. The quantitative estimate of drug-likeness (QED) is 0.521. The van der Waals surface area contributed by atoms with Gasteiger partial charge in [0.05, 0.1) is 31.9 Å². The maximum Gasteiger partial charge on any atom is 0.319 e. The number of hydrogen-bond acceptors (Lipinski definition) is 7. The minimum atomic E-state index is -0.877. The number of methoxy groups -OCH3 is 1. The zero-order chi connectivity index (χ0) is 21.3. The molecule has 3 saturated heterocycles. The van der Waals surface area contributed by atoms with Crippen LogP contribution in [0.2, 0.25) is 0 Å². The molecule has 4 rings (SSSR count). The van der Waals surface area contributed by atoms with Gasteiger partial charge < -0.3 is 35.7 Å². The molecule has 3 amide bonds. The standard InChI is InChI=1S/C20H28N4O6/c1-28-13-4-2-3-12(9-13)22-20(27)23-15-14-10-29-19(30-14)16(17(15)25)24-7-5-11(6-8-24)18(21)26/h2-4,9,11,14-17,19,25H,5-8,10H2,1H3,(H2,21,26)(H2,22,23,27)/t14-,15-,16+,17-,19+/m0/s1. The van der Waals surface area contributed by atoms with Crippen molar-refractivity contribution in [3.05, 3.63) is 24.3 Å². The monoisotopic (exact) mass is 420 g/mol. The van der Waals surface area contributed by atoms with Gasteiger partial charge in [0.15, 0.2) is 6.29 Å². The lowest BCUT2D eigenvalue weighted by atomic mass is 9.90. The highest BCUT2D eigenvalue weighted by atomic mass is 16.7. The van der Waals surface area contributed by atoms with Gasteiger partial charge >= 0.3 is 6.03 Å². The Balaban J connectivity index is 1.41. The van der Waals surface area contributed by atoms with E-state index in [4.69, 9.17) is 19.9 Å². The third kappa shape index (κ3) is 4.22. The summed E-state index contributed by atoms with van der Waals surface area (Å²) in [5, 5.41) is 16.7. The Bertz CT molecular complexity index is 784. The molecule has 30 heavy (non-hydrogen) atoms. The first-order chi connectivity index (χ1) is 14.5. The largest absolute Gasteiger partial charge is 0.497 e. The van der Waals surface area contributed by atoms with E-state index in [0.29, 0.717) is 44.0 Å². The van der Waals surface area contributed by atoms with Crippen molar-refractivity contribution in [3.63, 3.8) is 0 Å². The molecule has 5 atom stereocenters. The second-order valence-electron chi connectivity index (χ2n) is 7.93. The van der Waals surface area contributed by atoms with Gasteiger partial charge in [0.25, 0.3) is 0 Å². The molecule has 3 heterocycles. The van der Waals surface area contributed by atoms with Crippen molar-refractivity contribution >= 4 is 17.6 Å². The zero-order valence-electron chi connectivity index (χ0n) is 16.8. The lowest BCUT2D eigenvalue weighted by Gasteiger charge is -2.45. The van der Waals surface area contributed by atoms with Gasteiger partial charge in [-0.05, 0) is 38.1 Å². The van der Waals surface area contributed by atoms with E-state index in [9.17, 15) is 14.7 Å². The van der Waals surface area contributed by atoms with E-state index in [1.54, 1.807) is 31.4 Å². The number of piperidine rings is 1. The summed E-state index contributed by atoms with van der Waals surface area (Å²) in [6.45, 7) is 1.50. The fourth-order valence-electron chi connectivity index (χ4n) is 4.47. The van der Waals surface area contributed by atoms with Gasteiger partial charge in [0, 0.05) is 17.7 Å². The molecule has 5 N–H and O–H groups in total. The normalized spacial score (nSPS) is 31.9. The molecule has 0 radical (unpaired) electrons. The van der Waals surface area contributed by atoms with E-state index in [0.717, 1.165) is 0 Å². The lowest BCUT2D eigenvalue weighted by Crippen LogP contribution is -2.66. The molecule has 0 saturated carbocycles. The highest BCUT2D eigenvalue weighted by Gasteiger charge is 2.53.